The van der Waals surface area contributed by atoms with Crippen LogP contribution in [-0.4, -0.2) is 24.2 Å². The Hall–Kier alpha value is -0.150. The molecule has 0 spiro atoms. The van der Waals surface area contributed by atoms with Gasteiger partial charge in [-0.2, -0.15) is 11.8 Å². The number of hydrogen-bond donors (Lipinski definition) is 1. The normalized spacial score (nSPS) is 30.8. The predicted molar refractivity (Wildman–Crippen MR) is 56.7 cm³/mol. The van der Waals surface area contributed by atoms with Gasteiger partial charge in [0, 0.05) is 0 Å². The molecule has 2 rings (SSSR count). The molecule has 0 aromatic heterocycles. The molecule has 2 N–H and O–H groups in total. The molecule has 2 heterocycles. The third-order valence-electron chi connectivity index (χ3n) is 2.76. The molecule has 1 fully saturated rings. The van der Waals surface area contributed by atoms with Crippen LogP contribution in [0.25, 0.3) is 0 Å². The summed E-state index contributed by atoms with van der Waals surface area (Å²) in [5, 5.41) is 0. The van der Waals surface area contributed by atoms with E-state index in [2.05, 4.69) is 6.08 Å². The molecule has 2 unspecified atom stereocenters. The molecule has 0 aromatic carbocycles. The quantitative estimate of drug-likeness (QED) is 0.736. The molecule has 0 bridgehead atoms. The molecule has 2 aliphatic heterocycles. The van der Waals surface area contributed by atoms with Crippen molar-refractivity contribution in [3.05, 3.63) is 11.8 Å². The summed E-state index contributed by atoms with van der Waals surface area (Å²) in [6.07, 6.45) is 5.72. The van der Waals surface area contributed by atoms with Gasteiger partial charge < -0.3 is 10.5 Å². The summed E-state index contributed by atoms with van der Waals surface area (Å²) < 4.78 is 5.58. The van der Waals surface area contributed by atoms with Crippen LogP contribution < -0.4 is 5.73 Å². The number of thioether (sulfide) groups is 1. The second-order valence-corrected chi connectivity index (χ2v) is 4.90. The molecular weight excluding hydrogens is 182 g/mol. The second-order valence-electron chi connectivity index (χ2n) is 3.75. The lowest BCUT2D eigenvalue weighted by Crippen LogP contribution is -2.34. The fourth-order valence-corrected chi connectivity index (χ4v) is 3.19. The highest BCUT2D eigenvalue weighted by Gasteiger charge is 2.26. The summed E-state index contributed by atoms with van der Waals surface area (Å²) in [7, 11) is 0. The van der Waals surface area contributed by atoms with Crippen molar-refractivity contribution in [2.75, 3.05) is 18.1 Å². The molecule has 0 aromatic rings. The van der Waals surface area contributed by atoms with Crippen LogP contribution in [0.4, 0.5) is 0 Å². The first-order valence-corrected chi connectivity index (χ1v) is 6.19. The summed E-state index contributed by atoms with van der Waals surface area (Å²) in [5.74, 6) is 4.18. The highest BCUT2D eigenvalue weighted by molar-refractivity contribution is 7.99. The Balaban J connectivity index is 1.94. The van der Waals surface area contributed by atoms with E-state index in [4.69, 9.17) is 10.5 Å². The Morgan fingerprint density at radius 2 is 2.54 bits per heavy atom. The van der Waals surface area contributed by atoms with Crippen molar-refractivity contribution >= 4 is 11.8 Å². The van der Waals surface area contributed by atoms with Crippen LogP contribution >= 0.6 is 11.8 Å². The van der Waals surface area contributed by atoms with E-state index in [9.17, 15) is 0 Å². The fourth-order valence-electron chi connectivity index (χ4n) is 1.88. The molecule has 0 amide bonds. The standard InChI is InChI=1S/C10H17NOS/c11-10(8-4-6-13-7-8)9-3-1-2-5-12-9/h3,8,10H,1-2,4-7,11H2. The third kappa shape index (κ3) is 2.20. The van der Waals surface area contributed by atoms with E-state index in [1.54, 1.807) is 0 Å². The lowest BCUT2D eigenvalue weighted by atomic mass is 9.97. The van der Waals surface area contributed by atoms with Gasteiger partial charge in [0.1, 0.15) is 5.76 Å². The maximum Gasteiger partial charge on any atom is 0.109 e. The van der Waals surface area contributed by atoms with Gasteiger partial charge in [-0.05, 0) is 42.8 Å². The first-order chi connectivity index (χ1) is 6.38. The maximum atomic E-state index is 6.15. The predicted octanol–water partition coefficient (Wildman–Crippen LogP) is 1.76. The van der Waals surface area contributed by atoms with E-state index in [1.807, 2.05) is 11.8 Å². The Morgan fingerprint density at radius 1 is 1.62 bits per heavy atom. The van der Waals surface area contributed by atoms with Crippen molar-refractivity contribution in [2.24, 2.45) is 11.7 Å². The summed E-state index contributed by atoms with van der Waals surface area (Å²) in [6.45, 7) is 0.861. The number of hydrogen-bond acceptors (Lipinski definition) is 3. The molecule has 2 aliphatic rings. The molecule has 0 saturated carbocycles. The summed E-state index contributed by atoms with van der Waals surface area (Å²) in [5.41, 5.74) is 6.15. The van der Waals surface area contributed by atoms with Gasteiger partial charge in [-0.25, -0.2) is 0 Å². The van der Waals surface area contributed by atoms with Gasteiger partial charge in [0.25, 0.3) is 0 Å². The Morgan fingerprint density at radius 3 is 3.15 bits per heavy atom. The molecule has 1 saturated heterocycles. The monoisotopic (exact) mass is 199 g/mol. The van der Waals surface area contributed by atoms with E-state index < -0.39 is 0 Å². The van der Waals surface area contributed by atoms with Gasteiger partial charge in [-0.15, -0.1) is 0 Å². The molecular formula is C10H17NOS. The van der Waals surface area contributed by atoms with Crippen LogP contribution in [0.2, 0.25) is 0 Å². The van der Waals surface area contributed by atoms with Crippen molar-refractivity contribution in [1.82, 2.24) is 0 Å². The van der Waals surface area contributed by atoms with E-state index in [1.165, 1.54) is 17.9 Å². The molecule has 0 aliphatic carbocycles. The molecule has 2 nitrogen and oxygen atoms in total. The van der Waals surface area contributed by atoms with E-state index >= 15 is 0 Å². The molecule has 74 valence electrons. The maximum absolute atomic E-state index is 6.15. The Bertz CT molecular complexity index is 199. The number of rotatable bonds is 2. The van der Waals surface area contributed by atoms with E-state index in [-0.39, 0.29) is 6.04 Å². The van der Waals surface area contributed by atoms with Crippen LogP contribution in [0.3, 0.4) is 0 Å². The zero-order valence-corrected chi connectivity index (χ0v) is 8.69. The van der Waals surface area contributed by atoms with Crippen molar-refractivity contribution in [1.29, 1.82) is 0 Å². The molecule has 3 heteroatoms. The van der Waals surface area contributed by atoms with Crippen molar-refractivity contribution in [3.63, 3.8) is 0 Å². The summed E-state index contributed by atoms with van der Waals surface area (Å²) in [6, 6.07) is 0.162. The summed E-state index contributed by atoms with van der Waals surface area (Å²) >= 11 is 2.01. The first-order valence-electron chi connectivity index (χ1n) is 5.04. The SMILES string of the molecule is NC(C1=CCCCO1)C1CCSC1. The molecule has 0 radical (unpaired) electrons. The topological polar surface area (TPSA) is 35.2 Å². The van der Waals surface area contributed by atoms with Crippen LogP contribution in [0.15, 0.2) is 11.8 Å². The lowest BCUT2D eigenvalue weighted by Gasteiger charge is -2.24. The van der Waals surface area contributed by atoms with Crippen LogP contribution in [0.1, 0.15) is 19.3 Å². The number of nitrogens with two attached hydrogens (primary N) is 1. The highest BCUT2D eigenvalue weighted by atomic mass is 32.2. The van der Waals surface area contributed by atoms with Gasteiger partial charge in [0.05, 0.1) is 12.6 Å². The smallest absolute Gasteiger partial charge is 0.109 e. The fraction of sp³-hybridized carbons (Fsp3) is 0.800. The van der Waals surface area contributed by atoms with Gasteiger partial charge in [-0.3, -0.25) is 0 Å². The van der Waals surface area contributed by atoms with Crippen LogP contribution in [0.5, 0.6) is 0 Å². The van der Waals surface area contributed by atoms with Gasteiger partial charge >= 0.3 is 0 Å². The van der Waals surface area contributed by atoms with Crippen LogP contribution in [0, 0.1) is 5.92 Å². The Labute approximate surface area is 83.9 Å². The van der Waals surface area contributed by atoms with Crippen molar-refractivity contribution in [3.8, 4) is 0 Å². The number of ether oxygens (including phenoxy) is 1. The third-order valence-corrected chi connectivity index (χ3v) is 3.95. The zero-order chi connectivity index (χ0) is 9.10. The van der Waals surface area contributed by atoms with Gasteiger partial charge in [0.15, 0.2) is 0 Å². The largest absolute Gasteiger partial charge is 0.497 e. The first kappa shape index (κ1) is 9.41. The van der Waals surface area contributed by atoms with Gasteiger partial charge in [0.2, 0.25) is 0 Å². The van der Waals surface area contributed by atoms with Gasteiger partial charge in [-0.1, -0.05) is 0 Å². The second kappa shape index (κ2) is 4.38. The van der Waals surface area contributed by atoms with E-state index in [0.717, 1.165) is 25.2 Å². The van der Waals surface area contributed by atoms with Crippen LogP contribution in [-0.2, 0) is 4.74 Å². The average Bonchev–Trinajstić information content (AvgIpc) is 2.71. The minimum Gasteiger partial charge on any atom is -0.497 e. The highest BCUT2D eigenvalue weighted by Crippen LogP contribution is 2.29. The molecule has 2 atom stereocenters. The zero-order valence-electron chi connectivity index (χ0n) is 7.87. The summed E-state index contributed by atoms with van der Waals surface area (Å²) in [4.78, 5) is 0. The van der Waals surface area contributed by atoms with Crippen molar-refractivity contribution < 1.29 is 4.74 Å². The Kier molecular flexibility index (Phi) is 3.17. The average molecular weight is 199 g/mol. The van der Waals surface area contributed by atoms with Crippen molar-refractivity contribution in [2.45, 2.75) is 25.3 Å². The molecule has 13 heavy (non-hydrogen) atoms. The minimum absolute atomic E-state index is 0.162. The lowest BCUT2D eigenvalue weighted by molar-refractivity contribution is 0.164. The minimum atomic E-state index is 0.162. The van der Waals surface area contributed by atoms with E-state index in [0.29, 0.717) is 5.92 Å². The number of allylic oxidation sites excluding steroid dienone is 1.